The van der Waals surface area contributed by atoms with Gasteiger partial charge in [-0.1, -0.05) is 13.3 Å². The van der Waals surface area contributed by atoms with Gasteiger partial charge in [-0.3, -0.25) is 0 Å². The molecule has 0 fully saturated rings. The molecule has 0 amide bonds. The fraction of sp³-hybridized carbons (Fsp3) is 0.812. The zero-order valence-corrected chi connectivity index (χ0v) is 16.9. The summed E-state index contributed by atoms with van der Waals surface area (Å²) >= 11 is 0. The normalized spacial score (nSPS) is 15.6. The van der Waals surface area contributed by atoms with Crippen LogP contribution in [0.3, 0.4) is 0 Å². The minimum atomic E-state index is -8.63. The predicted molar refractivity (Wildman–Crippen MR) is 80.1 cm³/mol. The smallest absolute Gasteiger partial charge is 0.237 e. The predicted octanol–water partition coefficient (Wildman–Crippen LogP) is 6.89. The average Bonchev–Trinajstić information content (AvgIpc) is 3.16. The lowest BCUT2D eigenvalue weighted by atomic mass is 9.90. The van der Waals surface area contributed by atoms with Crippen molar-refractivity contribution in [2.45, 2.75) is 80.5 Å². The molecular formula is C16H14F17N2+. The lowest BCUT2D eigenvalue weighted by Gasteiger charge is -2.42. The molecule has 0 spiro atoms. The van der Waals surface area contributed by atoms with Crippen LogP contribution in [0.4, 0.5) is 74.6 Å². The Morgan fingerprint density at radius 1 is 0.571 bits per heavy atom. The van der Waals surface area contributed by atoms with Gasteiger partial charge >= 0.3 is 47.8 Å². The van der Waals surface area contributed by atoms with E-state index in [1.165, 1.54) is 0 Å². The van der Waals surface area contributed by atoms with E-state index in [1.807, 2.05) is 0 Å². The van der Waals surface area contributed by atoms with E-state index in [4.69, 9.17) is 0 Å². The molecule has 0 aliphatic heterocycles. The Morgan fingerprint density at radius 2 is 0.971 bits per heavy atom. The Balaban J connectivity index is 3.55. The van der Waals surface area contributed by atoms with Gasteiger partial charge in [-0.15, -0.1) is 0 Å². The number of rotatable bonds is 11. The minimum Gasteiger partial charge on any atom is -0.237 e. The molecule has 0 saturated heterocycles. The molecule has 0 atom stereocenters. The third-order valence-corrected chi connectivity index (χ3v) is 4.74. The largest absolute Gasteiger partial charge is 0.469 e. The lowest BCUT2D eigenvalue weighted by molar-refractivity contribution is -0.697. The van der Waals surface area contributed by atoms with Crippen LogP contribution in [0, 0.1) is 0 Å². The zero-order chi connectivity index (χ0) is 28.1. The Bertz CT molecular complexity index is 868. The van der Waals surface area contributed by atoms with E-state index in [1.54, 1.807) is 6.92 Å². The first-order chi connectivity index (χ1) is 15.3. The molecule has 19 heteroatoms. The maximum atomic E-state index is 14.1. The average molecular weight is 557 g/mol. The second-order valence-electron chi connectivity index (χ2n) is 7.25. The third-order valence-electron chi connectivity index (χ3n) is 4.74. The first-order valence-corrected chi connectivity index (χ1v) is 9.08. The lowest BCUT2D eigenvalue weighted by Crippen LogP contribution is -2.74. The summed E-state index contributed by atoms with van der Waals surface area (Å²) in [5.74, 6) is -49.9. The Hall–Kier alpha value is -1.98. The molecular weight excluding hydrogens is 543 g/mol. The van der Waals surface area contributed by atoms with Crippen molar-refractivity contribution in [1.29, 1.82) is 0 Å². The van der Waals surface area contributed by atoms with Crippen molar-refractivity contribution < 1.29 is 79.2 Å². The van der Waals surface area contributed by atoms with E-state index < -0.39 is 52.3 Å². The van der Waals surface area contributed by atoms with E-state index in [0.717, 1.165) is 0 Å². The highest BCUT2D eigenvalue weighted by atomic mass is 19.4. The van der Waals surface area contributed by atoms with Crippen molar-refractivity contribution in [3.63, 3.8) is 0 Å². The third kappa shape index (κ3) is 4.40. The highest BCUT2D eigenvalue weighted by Gasteiger charge is 2.96. The molecule has 1 rings (SSSR count). The summed E-state index contributed by atoms with van der Waals surface area (Å²) in [4.78, 5) is 0. The van der Waals surface area contributed by atoms with Crippen LogP contribution in [0.15, 0.2) is 18.7 Å². The van der Waals surface area contributed by atoms with Gasteiger partial charge in [0.15, 0.2) is 0 Å². The van der Waals surface area contributed by atoms with Gasteiger partial charge in [-0.25, -0.2) is 4.57 Å². The number of hydrogen-bond donors (Lipinski definition) is 0. The number of unbranched alkanes of at least 4 members (excludes halogenated alkanes) is 2. The number of aryl methyl sites for hydroxylation is 1. The number of hydrogen-bond acceptors (Lipinski definition) is 0. The summed E-state index contributed by atoms with van der Waals surface area (Å²) < 4.78 is 225. The molecule has 35 heavy (non-hydrogen) atoms. The van der Waals surface area contributed by atoms with Gasteiger partial charge in [0.05, 0.1) is 6.54 Å². The van der Waals surface area contributed by atoms with Crippen molar-refractivity contribution in [2.75, 3.05) is 0 Å². The maximum absolute atomic E-state index is 14.1. The summed E-state index contributed by atoms with van der Waals surface area (Å²) in [5.41, 5.74) is 0. The quantitative estimate of drug-likeness (QED) is 0.159. The van der Waals surface area contributed by atoms with Gasteiger partial charge in [0.25, 0.3) is 0 Å². The number of aromatic nitrogens is 2. The second-order valence-corrected chi connectivity index (χ2v) is 7.25. The zero-order valence-electron chi connectivity index (χ0n) is 16.9. The molecule has 0 N–H and O–H groups in total. The number of alkyl halides is 17. The maximum Gasteiger partial charge on any atom is 0.469 e. The SMILES string of the molecule is CCCCC[n+]1ccn(C(F)(F)C(F)(F)C(F)(F)C(F)(F)C(F)(F)C(F)(F)C(F)(F)C(F)(F)F)c1. The van der Waals surface area contributed by atoms with Crippen molar-refractivity contribution in [1.82, 2.24) is 4.57 Å². The van der Waals surface area contributed by atoms with Crippen molar-refractivity contribution in [3.8, 4) is 0 Å². The van der Waals surface area contributed by atoms with Crippen LogP contribution in [-0.4, -0.2) is 46.3 Å². The molecule has 1 aromatic heterocycles. The molecule has 0 aliphatic carbocycles. The van der Waals surface area contributed by atoms with Gasteiger partial charge in [0, 0.05) is 0 Å². The molecule has 1 heterocycles. The van der Waals surface area contributed by atoms with Crippen LogP contribution in [0.25, 0.3) is 0 Å². The van der Waals surface area contributed by atoms with E-state index in [0.29, 0.717) is 23.6 Å². The van der Waals surface area contributed by atoms with Crippen LogP contribution < -0.4 is 4.57 Å². The van der Waals surface area contributed by atoms with Crippen molar-refractivity contribution in [2.24, 2.45) is 0 Å². The summed E-state index contributed by atoms with van der Waals surface area (Å²) in [5, 5.41) is 0. The van der Waals surface area contributed by atoms with E-state index in [9.17, 15) is 74.6 Å². The number of imidazole rings is 1. The first kappa shape index (κ1) is 31.1. The summed E-state index contributed by atoms with van der Waals surface area (Å²) in [6.07, 6.45) is -6.21. The summed E-state index contributed by atoms with van der Waals surface area (Å²) in [6.45, 7) is 1.46. The fourth-order valence-corrected chi connectivity index (χ4v) is 2.55. The summed E-state index contributed by atoms with van der Waals surface area (Å²) in [7, 11) is 0. The molecule has 0 saturated carbocycles. The van der Waals surface area contributed by atoms with Crippen LogP contribution in [0.1, 0.15) is 26.2 Å². The number of nitrogens with zero attached hydrogens (tertiary/aromatic N) is 2. The monoisotopic (exact) mass is 557 g/mol. The molecule has 0 unspecified atom stereocenters. The van der Waals surface area contributed by atoms with E-state index in [2.05, 4.69) is 0 Å². The van der Waals surface area contributed by atoms with Crippen molar-refractivity contribution in [3.05, 3.63) is 18.7 Å². The Labute approximate surface area is 184 Å². The molecule has 0 bridgehead atoms. The highest BCUT2D eigenvalue weighted by molar-refractivity contribution is 5.14. The molecule has 0 radical (unpaired) electrons. The van der Waals surface area contributed by atoms with Gasteiger partial charge in [-0.2, -0.15) is 79.2 Å². The Kier molecular flexibility index (Phi) is 7.85. The molecule has 1 aromatic rings. The van der Waals surface area contributed by atoms with Crippen LogP contribution in [-0.2, 0) is 12.6 Å². The van der Waals surface area contributed by atoms with Crippen LogP contribution in [0.5, 0.6) is 0 Å². The van der Waals surface area contributed by atoms with Gasteiger partial charge in [0.2, 0.25) is 6.33 Å². The van der Waals surface area contributed by atoms with Crippen LogP contribution >= 0.6 is 0 Å². The van der Waals surface area contributed by atoms with Gasteiger partial charge in [0.1, 0.15) is 12.4 Å². The Morgan fingerprint density at radius 3 is 1.37 bits per heavy atom. The topological polar surface area (TPSA) is 8.81 Å². The number of halogens is 17. The van der Waals surface area contributed by atoms with Gasteiger partial charge < -0.3 is 0 Å². The van der Waals surface area contributed by atoms with E-state index in [-0.39, 0.29) is 25.5 Å². The highest BCUT2D eigenvalue weighted by Crippen LogP contribution is 2.64. The van der Waals surface area contributed by atoms with E-state index >= 15 is 0 Å². The molecule has 0 aliphatic rings. The first-order valence-electron chi connectivity index (χ1n) is 9.08. The van der Waals surface area contributed by atoms with Crippen LogP contribution in [0.2, 0.25) is 0 Å². The fourth-order valence-electron chi connectivity index (χ4n) is 2.55. The molecule has 2 nitrogen and oxygen atoms in total. The standard InChI is InChI=1S/C16H14F17N2/c1-2-3-4-5-34-6-7-35(8-34)16(32,33)14(27,28)12(23,24)10(19,20)9(17,18)11(21,22)13(25,26)15(29,30)31/h6-8H,2-5H2,1H3/q+1. The summed E-state index contributed by atoms with van der Waals surface area (Å²) in [6, 6.07) is -6.60. The molecule has 206 valence electrons. The van der Waals surface area contributed by atoms with Gasteiger partial charge in [-0.05, 0) is 12.8 Å². The van der Waals surface area contributed by atoms with Crippen molar-refractivity contribution >= 4 is 0 Å². The minimum absolute atomic E-state index is 0.0671. The molecule has 0 aromatic carbocycles. The second kappa shape index (κ2) is 8.85.